The van der Waals surface area contributed by atoms with Crippen LogP contribution in [0.3, 0.4) is 0 Å². The average Bonchev–Trinajstić information content (AvgIpc) is 2.46. The predicted molar refractivity (Wildman–Crippen MR) is 85.0 cm³/mol. The monoisotopic (exact) mass is 269 g/mol. The molecule has 2 aromatic rings. The van der Waals surface area contributed by atoms with Crippen LogP contribution in [0.4, 0.5) is 5.69 Å². The molecule has 0 bridgehead atoms. The second-order valence-corrected chi connectivity index (χ2v) is 5.36. The molecule has 0 spiro atoms. The van der Waals surface area contributed by atoms with Crippen LogP contribution >= 0.6 is 0 Å². The van der Waals surface area contributed by atoms with Crippen LogP contribution in [0.5, 0.6) is 0 Å². The molecule has 2 rings (SSSR count). The van der Waals surface area contributed by atoms with Crippen LogP contribution in [0.25, 0.3) is 0 Å². The van der Waals surface area contributed by atoms with Gasteiger partial charge in [-0.15, -0.1) is 0 Å². The summed E-state index contributed by atoms with van der Waals surface area (Å²) in [5.74, 6) is 0. The summed E-state index contributed by atoms with van der Waals surface area (Å²) in [6.45, 7) is 4.99. The van der Waals surface area contributed by atoms with Gasteiger partial charge in [-0.1, -0.05) is 48.9 Å². The van der Waals surface area contributed by atoms with Gasteiger partial charge in [0.25, 0.3) is 0 Å². The summed E-state index contributed by atoms with van der Waals surface area (Å²) in [4.78, 5) is 2.22. The summed E-state index contributed by atoms with van der Waals surface area (Å²) >= 11 is 0. The maximum absolute atomic E-state index is 9.81. The fourth-order valence-electron chi connectivity index (χ4n) is 2.36. The molecule has 0 aliphatic heterocycles. The van der Waals surface area contributed by atoms with E-state index in [9.17, 15) is 5.11 Å². The van der Waals surface area contributed by atoms with Gasteiger partial charge in [-0.25, -0.2) is 0 Å². The first-order valence-corrected chi connectivity index (χ1v) is 7.15. The molecule has 2 nitrogen and oxygen atoms in total. The van der Waals surface area contributed by atoms with E-state index in [4.69, 9.17) is 0 Å². The van der Waals surface area contributed by atoms with E-state index in [0.717, 1.165) is 18.5 Å². The quantitative estimate of drug-likeness (QED) is 0.884. The molecule has 0 amide bonds. The van der Waals surface area contributed by atoms with Crippen LogP contribution in [-0.4, -0.2) is 12.2 Å². The first kappa shape index (κ1) is 14.6. The molecule has 0 aromatic heterocycles. The second-order valence-electron chi connectivity index (χ2n) is 5.36. The summed E-state index contributed by atoms with van der Waals surface area (Å²) in [5, 5.41) is 9.81. The Morgan fingerprint density at radius 2 is 1.80 bits per heavy atom. The third-order valence-corrected chi connectivity index (χ3v) is 3.61. The molecule has 0 saturated heterocycles. The molecule has 0 heterocycles. The van der Waals surface area contributed by atoms with Crippen molar-refractivity contribution >= 4 is 5.69 Å². The largest absolute Gasteiger partial charge is 0.388 e. The molecule has 2 heteroatoms. The zero-order valence-electron chi connectivity index (χ0n) is 12.5. The van der Waals surface area contributed by atoms with Crippen LogP contribution < -0.4 is 4.90 Å². The Hall–Kier alpha value is -1.80. The number of hydrogen-bond donors (Lipinski definition) is 1. The third-order valence-electron chi connectivity index (χ3n) is 3.61. The molecule has 0 radical (unpaired) electrons. The van der Waals surface area contributed by atoms with E-state index < -0.39 is 0 Å². The summed E-state index contributed by atoms with van der Waals surface area (Å²) < 4.78 is 0. The summed E-state index contributed by atoms with van der Waals surface area (Å²) in [5.41, 5.74) is 4.75. The van der Waals surface area contributed by atoms with Crippen molar-refractivity contribution in [2.45, 2.75) is 32.9 Å². The van der Waals surface area contributed by atoms with Gasteiger partial charge in [0.05, 0.1) is 6.10 Å². The topological polar surface area (TPSA) is 23.5 Å². The van der Waals surface area contributed by atoms with Gasteiger partial charge < -0.3 is 10.0 Å². The number of aliphatic hydroxyl groups excluding tert-OH is 1. The zero-order valence-corrected chi connectivity index (χ0v) is 12.5. The Morgan fingerprint density at radius 3 is 2.40 bits per heavy atom. The van der Waals surface area contributed by atoms with Crippen LogP contribution in [0.15, 0.2) is 48.5 Å². The Kier molecular flexibility index (Phi) is 4.80. The van der Waals surface area contributed by atoms with E-state index >= 15 is 0 Å². The Morgan fingerprint density at radius 1 is 1.10 bits per heavy atom. The highest BCUT2D eigenvalue weighted by Gasteiger charge is 2.06. The lowest BCUT2D eigenvalue weighted by atomic mass is 10.1. The molecular weight excluding hydrogens is 246 g/mol. The second kappa shape index (κ2) is 6.58. The van der Waals surface area contributed by atoms with Gasteiger partial charge in [0.15, 0.2) is 0 Å². The van der Waals surface area contributed by atoms with Crippen LogP contribution in [0.1, 0.15) is 36.1 Å². The zero-order chi connectivity index (χ0) is 14.5. The molecule has 0 aliphatic rings. The highest BCUT2D eigenvalue weighted by molar-refractivity contribution is 5.47. The highest BCUT2D eigenvalue weighted by atomic mass is 16.3. The normalized spacial score (nSPS) is 12.2. The van der Waals surface area contributed by atoms with Gasteiger partial charge in [-0.3, -0.25) is 0 Å². The average molecular weight is 269 g/mol. The smallest absolute Gasteiger partial charge is 0.0787 e. The number of anilines is 1. The minimum Gasteiger partial charge on any atom is -0.388 e. The molecule has 106 valence electrons. The molecule has 0 aliphatic carbocycles. The molecule has 1 atom stereocenters. The molecular formula is C18H23NO. The highest BCUT2D eigenvalue weighted by Crippen LogP contribution is 2.21. The molecule has 1 N–H and O–H groups in total. The lowest BCUT2D eigenvalue weighted by molar-refractivity contribution is 0.173. The first-order valence-electron chi connectivity index (χ1n) is 7.15. The summed E-state index contributed by atoms with van der Waals surface area (Å²) in [7, 11) is 2.09. The Labute approximate surface area is 121 Å². The van der Waals surface area contributed by atoms with Gasteiger partial charge in [0.2, 0.25) is 0 Å². The fraction of sp³-hybridized carbons (Fsp3) is 0.333. The number of aryl methyl sites for hydroxylation is 1. The summed E-state index contributed by atoms with van der Waals surface area (Å²) in [6, 6.07) is 16.7. The van der Waals surface area contributed by atoms with Crippen molar-refractivity contribution in [1.82, 2.24) is 0 Å². The number of rotatable bonds is 5. The van der Waals surface area contributed by atoms with E-state index in [1.165, 1.54) is 16.8 Å². The van der Waals surface area contributed by atoms with Crippen molar-refractivity contribution in [3.05, 3.63) is 65.2 Å². The van der Waals surface area contributed by atoms with E-state index in [-0.39, 0.29) is 6.10 Å². The number of benzene rings is 2. The van der Waals surface area contributed by atoms with Crippen molar-refractivity contribution < 1.29 is 5.11 Å². The molecule has 2 aromatic carbocycles. The van der Waals surface area contributed by atoms with Gasteiger partial charge >= 0.3 is 0 Å². The molecule has 0 saturated carbocycles. The molecule has 20 heavy (non-hydrogen) atoms. The number of nitrogens with zero attached hydrogens (tertiary/aromatic N) is 1. The minimum atomic E-state index is -0.355. The van der Waals surface area contributed by atoms with Gasteiger partial charge in [0, 0.05) is 19.3 Å². The van der Waals surface area contributed by atoms with Crippen LogP contribution in [-0.2, 0) is 6.54 Å². The van der Waals surface area contributed by atoms with Gasteiger partial charge in [-0.05, 0) is 36.6 Å². The minimum absolute atomic E-state index is 0.355. The number of aliphatic hydroxyl groups is 1. The van der Waals surface area contributed by atoms with Crippen LogP contribution in [0.2, 0.25) is 0 Å². The molecule has 1 unspecified atom stereocenters. The maximum Gasteiger partial charge on any atom is 0.0787 e. The lowest BCUT2D eigenvalue weighted by Gasteiger charge is -2.20. The Bertz CT molecular complexity index is 548. The van der Waals surface area contributed by atoms with Crippen molar-refractivity contribution in [2.24, 2.45) is 0 Å². The maximum atomic E-state index is 9.81. The predicted octanol–water partition coefficient (Wildman–Crippen LogP) is 4.07. The van der Waals surface area contributed by atoms with E-state index in [2.05, 4.69) is 55.3 Å². The molecule has 0 fully saturated rings. The van der Waals surface area contributed by atoms with Crippen molar-refractivity contribution in [3.8, 4) is 0 Å². The van der Waals surface area contributed by atoms with E-state index in [1.807, 2.05) is 19.1 Å². The lowest BCUT2D eigenvalue weighted by Crippen LogP contribution is -2.16. The fourth-order valence-corrected chi connectivity index (χ4v) is 2.36. The summed E-state index contributed by atoms with van der Waals surface area (Å²) in [6.07, 6.45) is 0.393. The van der Waals surface area contributed by atoms with Crippen molar-refractivity contribution in [1.29, 1.82) is 0 Å². The van der Waals surface area contributed by atoms with Crippen molar-refractivity contribution in [2.75, 3.05) is 11.9 Å². The first-order chi connectivity index (χ1) is 9.60. The van der Waals surface area contributed by atoms with E-state index in [0.29, 0.717) is 0 Å². The van der Waals surface area contributed by atoms with Crippen molar-refractivity contribution in [3.63, 3.8) is 0 Å². The standard InChI is InChI=1S/C18H23NO/c1-4-18(20)16-8-10-17(11-9-16)19(3)13-15-7-5-6-14(2)12-15/h5-12,18,20H,4,13H2,1-3H3. The van der Waals surface area contributed by atoms with Gasteiger partial charge in [-0.2, -0.15) is 0 Å². The Balaban J connectivity index is 2.07. The van der Waals surface area contributed by atoms with Crippen LogP contribution in [0, 0.1) is 6.92 Å². The number of hydrogen-bond acceptors (Lipinski definition) is 2. The third kappa shape index (κ3) is 3.61. The SMILES string of the molecule is CCC(O)c1ccc(N(C)Cc2cccc(C)c2)cc1. The van der Waals surface area contributed by atoms with E-state index in [1.54, 1.807) is 0 Å². The van der Waals surface area contributed by atoms with Gasteiger partial charge in [0.1, 0.15) is 0 Å².